The summed E-state index contributed by atoms with van der Waals surface area (Å²) in [5, 5.41) is 44.6. The average Bonchev–Trinajstić information content (AvgIpc) is 2.86. The van der Waals surface area contributed by atoms with E-state index in [1.165, 1.54) is 12.1 Å². The van der Waals surface area contributed by atoms with Crippen molar-refractivity contribution in [3.05, 3.63) is 51.8 Å². The molecule has 1 aromatic rings. The van der Waals surface area contributed by atoms with Crippen molar-refractivity contribution in [3.63, 3.8) is 0 Å². The third kappa shape index (κ3) is 5.13. The van der Waals surface area contributed by atoms with Crippen molar-refractivity contribution in [3.8, 4) is 5.75 Å². The Morgan fingerprint density at radius 1 is 1.23 bits per heavy atom. The number of nitrogens with two attached hydrogens (primary N) is 1. The molecule has 0 saturated heterocycles. The van der Waals surface area contributed by atoms with Gasteiger partial charge in [0.1, 0.15) is 22.9 Å². The summed E-state index contributed by atoms with van der Waals surface area (Å²) in [6, 6.07) is 2.12. The molecule has 0 spiro atoms. The second kappa shape index (κ2) is 11.1. The van der Waals surface area contributed by atoms with Crippen LogP contribution in [0.25, 0.3) is 11.8 Å². The van der Waals surface area contributed by atoms with Crippen LogP contribution >= 0.6 is 0 Å². The van der Waals surface area contributed by atoms with E-state index in [1.54, 1.807) is 31.1 Å². The predicted molar refractivity (Wildman–Crippen MR) is 148 cm³/mol. The molecule has 10 nitrogen and oxygen atoms in total. The van der Waals surface area contributed by atoms with Gasteiger partial charge in [0.2, 0.25) is 5.91 Å². The first-order valence-corrected chi connectivity index (χ1v) is 13.6. The summed E-state index contributed by atoms with van der Waals surface area (Å²) in [6.07, 6.45) is 4.51. The standard InChI is InChI=1S/C30H38N2O8/c1-15(2)6-5-11-40-22(34)10-8-16-7-9-21(33)24-18(16)12-17-13-20-25(32(3)4)26(35)19(29(31)38)14-30(20,39)28(37)23(17)27(24)36/h7-10,15,17,20,25,33,35-36,39H,5-6,11-14H2,1-4H3,(H2,31,38)/b10-8+. The fourth-order valence-corrected chi connectivity index (χ4v) is 6.38. The lowest BCUT2D eigenvalue weighted by Gasteiger charge is -2.51. The molecule has 0 radical (unpaired) electrons. The first-order valence-electron chi connectivity index (χ1n) is 13.6. The van der Waals surface area contributed by atoms with Crippen LogP contribution in [0.1, 0.15) is 56.2 Å². The number of carbonyl (C=O) groups is 3. The van der Waals surface area contributed by atoms with E-state index in [0.717, 1.165) is 12.8 Å². The lowest BCUT2D eigenvalue weighted by atomic mass is 9.57. The molecule has 4 rings (SSSR count). The number of Topliss-reactive ketones (excluding diaryl/α,β-unsaturated/α-hetero) is 1. The number of rotatable bonds is 8. The minimum atomic E-state index is -2.09. The Labute approximate surface area is 233 Å². The number of primary amides is 1. The number of phenolic OH excluding ortho intramolecular Hbond substituents is 1. The normalized spacial score (nSPS) is 26.3. The molecule has 1 saturated carbocycles. The molecule has 1 fully saturated rings. The number of likely N-dealkylation sites (N-methyl/N-ethyl adjacent to an activating group) is 1. The Balaban J connectivity index is 1.70. The summed E-state index contributed by atoms with van der Waals surface area (Å²) >= 11 is 0. The molecule has 3 aliphatic carbocycles. The van der Waals surface area contributed by atoms with Gasteiger partial charge in [-0.3, -0.25) is 14.5 Å². The number of ketones is 1. The van der Waals surface area contributed by atoms with Crippen LogP contribution in [0, 0.1) is 17.8 Å². The van der Waals surface area contributed by atoms with Crippen LogP contribution in [-0.4, -0.2) is 75.3 Å². The maximum absolute atomic E-state index is 13.9. The summed E-state index contributed by atoms with van der Waals surface area (Å²) in [6.45, 7) is 4.50. The maximum Gasteiger partial charge on any atom is 0.330 e. The molecule has 0 aromatic heterocycles. The minimum Gasteiger partial charge on any atom is -0.510 e. The average molecular weight is 555 g/mol. The number of carbonyl (C=O) groups excluding carboxylic acids is 3. The van der Waals surface area contributed by atoms with Crippen molar-refractivity contribution in [1.82, 2.24) is 4.90 Å². The molecule has 1 aromatic carbocycles. The highest BCUT2D eigenvalue weighted by atomic mass is 16.5. The van der Waals surface area contributed by atoms with Gasteiger partial charge in [0.15, 0.2) is 5.78 Å². The van der Waals surface area contributed by atoms with E-state index in [4.69, 9.17) is 10.5 Å². The lowest BCUT2D eigenvalue weighted by molar-refractivity contribution is -0.151. The van der Waals surface area contributed by atoms with E-state index >= 15 is 0 Å². The van der Waals surface area contributed by atoms with Crippen LogP contribution in [-0.2, 0) is 25.5 Å². The van der Waals surface area contributed by atoms with Gasteiger partial charge in [-0.15, -0.1) is 0 Å². The molecule has 0 heterocycles. The molecule has 4 atom stereocenters. The monoisotopic (exact) mass is 554 g/mol. The molecule has 0 bridgehead atoms. The Morgan fingerprint density at radius 2 is 1.93 bits per heavy atom. The van der Waals surface area contributed by atoms with Gasteiger partial charge in [-0.25, -0.2) is 4.79 Å². The number of nitrogens with zero attached hydrogens (tertiary/aromatic N) is 1. The van der Waals surface area contributed by atoms with E-state index in [-0.39, 0.29) is 41.1 Å². The van der Waals surface area contributed by atoms with Crippen LogP contribution in [0.3, 0.4) is 0 Å². The number of aliphatic hydroxyl groups is 3. The second-order valence-corrected chi connectivity index (χ2v) is 11.6. The number of ether oxygens (including phenoxy) is 1. The number of hydrogen-bond acceptors (Lipinski definition) is 9. The summed E-state index contributed by atoms with van der Waals surface area (Å²) in [7, 11) is 3.33. The van der Waals surface area contributed by atoms with E-state index in [9.17, 15) is 34.8 Å². The number of esters is 1. The number of hydrogen-bond donors (Lipinski definition) is 5. The van der Waals surface area contributed by atoms with Gasteiger partial charge in [0, 0.05) is 24.0 Å². The van der Waals surface area contributed by atoms with Crippen molar-refractivity contribution in [2.75, 3.05) is 20.7 Å². The number of benzene rings is 1. The van der Waals surface area contributed by atoms with Gasteiger partial charge >= 0.3 is 5.97 Å². The molecule has 3 aliphatic rings. The zero-order valence-electron chi connectivity index (χ0n) is 23.3. The molecule has 10 heteroatoms. The molecule has 40 heavy (non-hydrogen) atoms. The van der Waals surface area contributed by atoms with E-state index in [2.05, 4.69) is 13.8 Å². The van der Waals surface area contributed by atoms with E-state index in [0.29, 0.717) is 23.7 Å². The highest BCUT2D eigenvalue weighted by Gasteiger charge is 2.60. The van der Waals surface area contributed by atoms with Crippen molar-refractivity contribution in [1.29, 1.82) is 0 Å². The summed E-state index contributed by atoms with van der Waals surface area (Å²) in [5.74, 6) is -4.02. The molecule has 0 aliphatic heterocycles. The van der Waals surface area contributed by atoms with E-state index in [1.807, 2.05) is 0 Å². The largest absolute Gasteiger partial charge is 0.510 e. The first-order chi connectivity index (χ1) is 18.8. The zero-order chi connectivity index (χ0) is 29.5. The van der Waals surface area contributed by atoms with Crippen LogP contribution < -0.4 is 5.73 Å². The van der Waals surface area contributed by atoms with Crippen molar-refractivity contribution < 1.29 is 39.5 Å². The third-order valence-corrected chi connectivity index (χ3v) is 8.31. The third-order valence-electron chi connectivity index (χ3n) is 8.31. The van der Waals surface area contributed by atoms with Crippen LogP contribution in [0.4, 0.5) is 0 Å². The van der Waals surface area contributed by atoms with Gasteiger partial charge in [0.05, 0.1) is 23.8 Å². The zero-order valence-corrected chi connectivity index (χ0v) is 23.3. The highest BCUT2D eigenvalue weighted by Crippen LogP contribution is 2.53. The second-order valence-electron chi connectivity index (χ2n) is 11.6. The number of aliphatic hydroxyl groups excluding tert-OH is 2. The number of phenols is 1. The minimum absolute atomic E-state index is 0.0324. The number of amides is 1. The Hall–Kier alpha value is -3.63. The highest BCUT2D eigenvalue weighted by molar-refractivity contribution is 6.10. The quantitative estimate of drug-likeness (QED) is 0.184. The van der Waals surface area contributed by atoms with Gasteiger partial charge < -0.3 is 30.9 Å². The van der Waals surface area contributed by atoms with Gasteiger partial charge in [-0.2, -0.15) is 0 Å². The molecule has 6 N–H and O–H groups in total. The van der Waals surface area contributed by atoms with Gasteiger partial charge in [-0.1, -0.05) is 19.9 Å². The smallest absolute Gasteiger partial charge is 0.330 e. The van der Waals surface area contributed by atoms with Crippen molar-refractivity contribution in [2.45, 2.75) is 57.6 Å². The van der Waals surface area contributed by atoms with Gasteiger partial charge in [-0.05, 0) is 74.9 Å². The number of fused-ring (bicyclic) bond motifs is 3. The maximum atomic E-state index is 13.9. The van der Waals surface area contributed by atoms with Gasteiger partial charge in [0.25, 0.3) is 0 Å². The SMILES string of the molecule is CC(C)CCCOC(=O)/C=C/c1ccc(O)c2c1CC1CC3C(N(C)C)C(O)=C(C(N)=O)CC3(O)C(=O)C1=C2O. The summed E-state index contributed by atoms with van der Waals surface area (Å²) < 4.78 is 5.27. The van der Waals surface area contributed by atoms with Crippen LogP contribution in [0.2, 0.25) is 0 Å². The molecule has 1 amide bonds. The summed E-state index contributed by atoms with van der Waals surface area (Å²) in [4.78, 5) is 39.8. The van der Waals surface area contributed by atoms with E-state index < -0.39 is 53.3 Å². The lowest BCUT2D eigenvalue weighted by Crippen LogP contribution is -2.62. The first kappa shape index (κ1) is 29.4. The Kier molecular flexibility index (Phi) is 8.14. The number of aromatic hydroxyl groups is 1. The summed E-state index contributed by atoms with van der Waals surface area (Å²) in [5.41, 5.74) is 4.29. The Morgan fingerprint density at radius 3 is 2.55 bits per heavy atom. The Bertz CT molecular complexity index is 1320. The molecular weight excluding hydrogens is 516 g/mol. The fraction of sp³-hybridized carbons (Fsp3) is 0.500. The molecular formula is C30H38N2O8. The topological polar surface area (TPSA) is 171 Å². The van der Waals surface area contributed by atoms with Crippen molar-refractivity contribution >= 4 is 29.5 Å². The fourth-order valence-electron chi connectivity index (χ4n) is 6.38. The molecule has 4 unspecified atom stereocenters. The predicted octanol–water partition coefficient (Wildman–Crippen LogP) is 2.78. The van der Waals surface area contributed by atoms with Crippen LogP contribution in [0.15, 0.2) is 35.1 Å². The molecule has 216 valence electrons. The van der Waals surface area contributed by atoms with Crippen LogP contribution in [0.5, 0.6) is 5.75 Å². The van der Waals surface area contributed by atoms with Crippen molar-refractivity contribution in [2.24, 2.45) is 23.5 Å².